The van der Waals surface area contributed by atoms with Gasteiger partial charge in [-0.2, -0.15) is 5.10 Å². The zero-order valence-electron chi connectivity index (χ0n) is 12.2. The van der Waals surface area contributed by atoms with Crippen molar-refractivity contribution in [3.8, 4) is 11.3 Å². The SMILES string of the molecule is COC1(Cc2cccc(-c3cc(C(=O)O)nn3C)c2)CC1. The maximum atomic E-state index is 11.0. The highest BCUT2D eigenvalue weighted by Crippen LogP contribution is 2.42. The molecule has 0 radical (unpaired) electrons. The van der Waals surface area contributed by atoms with Crippen molar-refractivity contribution in [2.75, 3.05) is 7.11 Å². The Labute approximate surface area is 123 Å². The Morgan fingerprint density at radius 2 is 2.19 bits per heavy atom. The number of aryl methyl sites for hydroxylation is 1. The first-order chi connectivity index (χ1) is 10.0. The summed E-state index contributed by atoms with van der Waals surface area (Å²) in [6, 6.07) is 9.73. The van der Waals surface area contributed by atoms with Crippen molar-refractivity contribution in [1.82, 2.24) is 9.78 Å². The van der Waals surface area contributed by atoms with Crippen LogP contribution in [0.3, 0.4) is 0 Å². The molecular weight excluding hydrogens is 268 g/mol. The van der Waals surface area contributed by atoms with Gasteiger partial charge in [-0.1, -0.05) is 18.2 Å². The number of carboxylic acids is 1. The summed E-state index contributed by atoms with van der Waals surface area (Å²) in [4.78, 5) is 11.0. The summed E-state index contributed by atoms with van der Waals surface area (Å²) in [5.74, 6) is -1.01. The van der Waals surface area contributed by atoms with Crippen LogP contribution in [0.1, 0.15) is 28.9 Å². The molecule has 0 spiro atoms. The lowest BCUT2D eigenvalue weighted by Gasteiger charge is -2.13. The molecule has 21 heavy (non-hydrogen) atoms. The number of rotatable bonds is 5. The van der Waals surface area contributed by atoms with Gasteiger partial charge in [0.15, 0.2) is 5.69 Å². The normalized spacial score (nSPS) is 15.9. The second-order valence-electron chi connectivity index (χ2n) is 5.61. The van der Waals surface area contributed by atoms with E-state index in [9.17, 15) is 4.79 Å². The lowest BCUT2D eigenvalue weighted by molar-refractivity contribution is 0.0689. The highest BCUT2D eigenvalue weighted by atomic mass is 16.5. The van der Waals surface area contributed by atoms with Gasteiger partial charge in [0.1, 0.15) is 0 Å². The van der Waals surface area contributed by atoms with E-state index >= 15 is 0 Å². The van der Waals surface area contributed by atoms with Crippen LogP contribution >= 0.6 is 0 Å². The zero-order valence-corrected chi connectivity index (χ0v) is 12.2. The van der Waals surface area contributed by atoms with E-state index < -0.39 is 5.97 Å². The number of ether oxygens (including phenoxy) is 1. The fraction of sp³-hybridized carbons (Fsp3) is 0.375. The molecule has 1 aromatic heterocycles. The molecule has 0 atom stereocenters. The van der Waals surface area contributed by atoms with Crippen molar-refractivity contribution < 1.29 is 14.6 Å². The molecule has 1 fully saturated rings. The predicted molar refractivity (Wildman–Crippen MR) is 78.3 cm³/mol. The van der Waals surface area contributed by atoms with Gasteiger partial charge in [-0.25, -0.2) is 4.79 Å². The number of carbonyl (C=O) groups is 1. The lowest BCUT2D eigenvalue weighted by Crippen LogP contribution is -2.14. The molecule has 1 aliphatic carbocycles. The third-order valence-electron chi connectivity index (χ3n) is 4.09. The van der Waals surface area contributed by atoms with Gasteiger partial charge in [-0.3, -0.25) is 4.68 Å². The van der Waals surface area contributed by atoms with Gasteiger partial charge in [-0.05, 0) is 30.5 Å². The number of methoxy groups -OCH3 is 1. The predicted octanol–water partition coefficient (Wildman–Crippen LogP) is 2.51. The molecule has 1 saturated carbocycles. The van der Waals surface area contributed by atoms with Crippen LogP contribution in [0.2, 0.25) is 0 Å². The Kier molecular flexibility index (Phi) is 3.29. The number of benzene rings is 1. The van der Waals surface area contributed by atoms with Crippen LogP contribution in [0, 0.1) is 0 Å². The molecule has 3 rings (SSSR count). The molecule has 110 valence electrons. The molecule has 1 heterocycles. The first-order valence-electron chi connectivity index (χ1n) is 6.95. The first kappa shape index (κ1) is 13.8. The Morgan fingerprint density at radius 3 is 2.76 bits per heavy atom. The standard InChI is InChI=1S/C16H18N2O3/c1-18-14(9-13(17-18)15(19)20)12-5-3-4-11(8-12)10-16(21-2)6-7-16/h3-5,8-9H,6-7,10H2,1-2H3,(H,19,20). The van der Waals surface area contributed by atoms with Gasteiger partial charge in [0.25, 0.3) is 0 Å². The fourth-order valence-corrected chi connectivity index (χ4v) is 2.65. The third kappa shape index (κ3) is 2.69. The van der Waals surface area contributed by atoms with Crippen molar-refractivity contribution >= 4 is 5.97 Å². The maximum absolute atomic E-state index is 11.0. The van der Waals surface area contributed by atoms with E-state index in [1.54, 1.807) is 24.9 Å². The van der Waals surface area contributed by atoms with E-state index in [2.05, 4.69) is 17.2 Å². The van der Waals surface area contributed by atoms with Gasteiger partial charge in [0.05, 0.1) is 11.3 Å². The molecule has 5 nitrogen and oxygen atoms in total. The first-order valence-corrected chi connectivity index (χ1v) is 6.95. The smallest absolute Gasteiger partial charge is 0.356 e. The summed E-state index contributed by atoms with van der Waals surface area (Å²) < 4.78 is 7.17. The molecule has 1 N–H and O–H groups in total. The van der Waals surface area contributed by atoms with Gasteiger partial charge in [0, 0.05) is 26.1 Å². The van der Waals surface area contributed by atoms with Crippen molar-refractivity contribution in [2.45, 2.75) is 24.9 Å². The Hall–Kier alpha value is -2.14. The minimum absolute atomic E-state index is 0.0112. The van der Waals surface area contributed by atoms with Crippen molar-refractivity contribution in [2.24, 2.45) is 7.05 Å². The molecule has 2 aromatic rings. The molecular formula is C16H18N2O3. The molecule has 1 aromatic carbocycles. The number of aromatic nitrogens is 2. The summed E-state index contributed by atoms with van der Waals surface area (Å²) in [5, 5.41) is 13.0. The van der Waals surface area contributed by atoms with Crippen LogP contribution < -0.4 is 0 Å². The largest absolute Gasteiger partial charge is 0.476 e. The Balaban J connectivity index is 1.91. The van der Waals surface area contributed by atoms with Crippen LogP contribution in [-0.4, -0.2) is 33.6 Å². The molecule has 0 bridgehead atoms. The van der Waals surface area contributed by atoms with E-state index in [0.29, 0.717) is 0 Å². The average Bonchev–Trinajstić information content (AvgIpc) is 3.12. The summed E-state index contributed by atoms with van der Waals surface area (Å²) in [5.41, 5.74) is 3.05. The monoisotopic (exact) mass is 286 g/mol. The quantitative estimate of drug-likeness (QED) is 0.917. The van der Waals surface area contributed by atoms with Crippen LogP contribution in [0.4, 0.5) is 0 Å². The second-order valence-corrected chi connectivity index (χ2v) is 5.61. The lowest BCUT2D eigenvalue weighted by atomic mass is 10.0. The third-order valence-corrected chi connectivity index (χ3v) is 4.09. The van der Waals surface area contributed by atoms with Crippen LogP contribution in [-0.2, 0) is 18.2 Å². The van der Waals surface area contributed by atoms with Gasteiger partial charge in [0.2, 0.25) is 0 Å². The Morgan fingerprint density at radius 1 is 1.43 bits per heavy atom. The summed E-state index contributed by atoms with van der Waals surface area (Å²) in [6.45, 7) is 0. The number of carboxylic acid groups (broad SMARTS) is 1. The van der Waals surface area contributed by atoms with E-state index in [0.717, 1.165) is 30.5 Å². The number of nitrogens with zero attached hydrogens (tertiary/aromatic N) is 2. The highest BCUT2D eigenvalue weighted by molar-refractivity contribution is 5.87. The molecule has 0 amide bonds. The van der Waals surface area contributed by atoms with E-state index in [4.69, 9.17) is 9.84 Å². The number of hydrogen-bond donors (Lipinski definition) is 1. The van der Waals surface area contributed by atoms with E-state index in [-0.39, 0.29) is 11.3 Å². The van der Waals surface area contributed by atoms with Crippen molar-refractivity contribution in [3.05, 3.63) is 41.6 Å². The average molecular weight is 286 g/mol. The minimum atomic E-state index is -1.01. The summed E-state index contributed by atoms with van der Waals surface area (Å²) in [6.07, 6.45) is 3.09. The van der Waals surface area contributed by atoms with E-state index in [1.807, 2.05) is 12.1 Å². The summed E-state index contributed by atoms with van der Waals surface area (Å²) >= 11 is 0. The fourth-order valence-electron chi connectivity index (χ4n) is 2.65. The van der Waals surface area contributed by atoms with Crippen molar-refractivity contribution in [3.63, 3.8) is 0 Å². The molecule has 1 aliphatic rings. The van der Waals surface area contributed by atoms with Gasteiger partial charge < -0.3 is 9.84 Å². The van der Waals surface area contributed by atoms with Crippen LogP contribution in [0.5, 0.6) is 0 Å². The van der Waals surface area contributed by atoms with Gasteiger partial charge >= 0.3 is 5.97 Å². The number of hydrogen-bond acceptors (Lipinski definition) is 3. The highest BCUT2D eigenvalue weighted by Gasteiger charge is 2.42. The number of aromatic carboxylic acids is 1. The van der Waals surface area contributed by atoms with Crippen LogP contribution in [0.15, 0.2) is 30.3 Å². The van der Waals surface area contributed by atoms with Crippen LogP contribution in [0.25, 0.3) is 11.3 Å². The molecule has 5 heteroatoms. The molecule has 0 saturated heterocycles. The zero-order chi connectivity index (χ0) is 15.0. The van der Waals surface area contributed by atoms with Crippen molar-refractivity contribution in [1.29, 1.82) is 0 Å². The second kappa shape index (κ2) is 5.00. The minimum Gasteiger partial charge on any atom is -0.476 e. The Bertz CT molecular complexity index is 687. The maximum Gasteiger partial charge on any atom is 0.356 e. The molecule has 0 aliphatic heterocycles. The topological polar surface area (TPSA) is 64.3 Å². The van der Waals surface area contributed by atoms with Gasteiger partial charge in [-0.15, -0.1) is 0 Å². The summed E-state index contributed by atoms with van der Waals surface area (Å²) in [7, 11) is 3.52. The molecule has 0 unspecified atom stereocenters. The van der Waals surface area contributed by atoms with E-state index in [1.165, 1.54) is 5.56 Å².